The second-order valence-corrected chi connectivity index (χ2v) is 5.46. The summed E-state index contributed by atoms with van der Waals surface area (Å²) in [5, 5.41) is 0. The molecule has 24 heavy (non-hydrogen) atoms. The Morgan fingerprint density at radius 1 is 1.04 bits per heavy atom. The van der Waals surface area contributed by atoms with E-state index in [4.69, 9.17) is 9.47 Å². The van der Waals surface area contributed by atoms with Crippen LogP contribution in [0.5, 0.6) is 0 Å². The van der Waals surface area contributed by atoms with Crippen LogP contribution in [0.3, 0.4) is 0 Å². The van der Waals surface area contributed by atoms with Crippen molar-refractivity contribution in [3.05, 3.63) is 66.2 Å². The molecule has 124 valence electrons. The maximum absolute atomic E-state index is 12.5. The van der Waals surface area contributed by atoms with Crippen molar-refractivity contribution in [1.29, 1.82) is 0 Å². The molecule has 0 spiro atoms. The maximum Gasteiger partial charge on any atom is 0.332 e. The summed E-state index contributed by atoms with van der Waals surface area (Å²) in [6, 6.07) is 17.9. The van der Waals surface area contributed by atoms with Crippen LogP contribution in [0.2, 0.25) is 0 Å². The number of benzene rings is 2. The minimum Gasteiger partial charge on any atom is -0.464 e. The summed E-state index contributed by atoms with van der Waals surface area (Å²) in [4.78, 5) is 26.2. The average molecular weight is 325 g/mol. The molecule has 2 aromatic rings. The summed E-state index contributed by atoms with van der Waals surface area (Å²) in [5.41, 5.74) is 1.62. The van der Waals surface area contributed by atoms with E-state index >= 15 is 0 Å². The van der Waals surface area contributed by atoms with Gasteiger partial charge in [0.1, 0.15) is 0 Å². The molecule has 1 amide bonds. The van der Waals surface area contributed by atoms with Gasteiger partial charge < -0.3 is 9.47 Å². The van der Waals surface area contributed by atoms with Crippen LogP contribution < -0.4 is 4.90 Å². The van der Waals surface area contributed by atoms with Crippen LogP contribution in [0.15, 0.2) is 60.7 Å². The van der Waals surface area contributed by atoms with Crippen LogP contribution in [-0.2, 0) is 25.7 Å². The smallest absolute Gasteiger partial charge is 0.332 e. The number of esters is 1. The van der Waals surface area contributed by atoms with E-state index < -0.39 is 18.1 Å². The number of carbonyl (C=O) groups excluding carboxylic acids is 2. The Labute approximate surface area is 140 Å². The first-order valence-electron chi connectivity index (χ1n) is 7.92. The van der Waals surface area contributed by atoms with Crippen molar-refractivity contribution in [3.8, 4) is 0 Å². The van der Waals surface area contributed by atoms with Crippen LogP contribution in [0.4, 0.5) is 5.69 Å². The second-order valence-electron chi connectivity index (χ2n) is 5.46. The Hall–Kier alpha value is -2.66. The van der Waals surface area contributed by atoms with Gasteiger partial charge in [-0.15, -0.1) is 0 Å². The average Bonchev–Trinajstić information content (AvgIpc) is 2.61. The minimum absolute atomic E-state index is 0.227. The maximum atomic E-state index is 12.5. The van der Waals surface area contributed by atoms with Gasteiger partial charge in [0.05, 0.1) is 13.2 Å². The number of hydrogen-bond acceptors (Lipinski definition) is 4. The number of hydrogen-bond donors (Lipinski definition) is 0. The molecule has 2 aromatic carbocycles. The zero-order chi connectivity index (χ0) is 16.9. The number of para-hydroxylation sites is 1. The van der Waals surface area contributed by atoms with Crippen molar-refractivity contribution in [2.45, 2.75) is 25.7 Å². The molecule has 0 unspecified atom stereocenters. The third-order valence-electron chi connectivity index (χ3n) is 3.88. The number of anilines is 1. The zero-order valence-electron chi connectivity index (χ0n) is 13.4. The molecule has 0 saturated carbocycles. The predicted octanol–water partition coefficient (Wildman–Crippen LogP) is 2.55. The Kier molecular flexibility index (Phi) is 4.91. The molecule has 1 fully saturated rings. The summed E-state index contributed by atoms with van der Waals surface area (Å²) in [6.45, 7) is 2.28. The summed E-state index contributed by atoms with van der Waals surface area (Å²) in [7, 11) is 0. The lowest BCUT2D eigenvalue weighted by Crippen LogP contribution is -2.69. The number of amides is 1. The highest BCUT2D eigenvalue weighted by atomic mass is 16.5. The third kappa shape index (κ3) is 3.16. The molecular weight excluding hydrogens is 306 g/mol. The standard InChI is InChI=1S/C19H19NO4/c1-2-23-19(22)16-17(24-13-14-9-5-3-6-10-14)18(21)20(16)15-11-7-4-8-12-15/h3-12,16-17H,2,13H2,1H3/t16-,17+/m0/s1. The summed E-state index contributed by atoms with van der Waals surface area (Å²) in [5.74, 6) is -0.672. The number of nitrogens with zero attached hydrogens (tertiary/aromatic N) is 1. The minimum atomic E-state index is -0.815. The first-order chi connectivity index (χ1) is 11.7. The fraction of sp³-hybridized carbons (Fsp3) is 0.263. The summed E-state index contributed by atoms with van der Waals surface area (Å²) >= 11 is 0. The van der Waals surface area contributed by atoms with Crippen molar-refractivity contribution in [3.63, 3.8) is 0 Å². The molecular formula is C19H19NO4. The third-order valence-corrected chi connectivity index (χ3v) is 3.88. The summed E-state index contributed by atoms with van der Waals surface area (Å²) < 4.78 is 10.8. The van der Waals surface area contributed by atoms with E-state index in [-0.39, 0.29) is 19.1 Å². The van der Waals surface area contributed by atoms with Gasteiger partial charge in [-0.3, -0.25) is 9.69 Å². The quantitative estimate of drug-likeness (QED) is 0.605. The SMILES string of the molecule is CCOC(=O)[C@@H]1[C@@H](OCc2ccccc2)C(=O)N1c1ccccc1. The molecule has 1 heterocycles. The molecule has 3 rings (SSSR count). The van der Waals surface area contributed by atoms with Crippen molar-refractivity contribution in [2.75, 3.05) is 11.5 Å². The first-order valence-corrected chi connectivity index (χ1v) is 7.92. The van der Waals surface area contributed by atoms with Crippen molar-refractivity contribution >= 4 is 17.6 Å². The van der Waals surface area contributed by atoms with Gasteiger partial charge in [0.25, 0.3) is 5.91 Å². The van der Waals surface area contributed by atoms with E-state index in [0.29, 0.717) is 5.69 Å². The van der Waals surface area contributed by atoms with Gasteiger partial charge in [0.2, 0.25) is 0 Å². The molecule has 5 nitrogen and oxygen atoms in total. The monoisotopic (exact) mass is 325 g/mol. The van der Waals surface area contributed by atoms with E-state index in [1.165, 1.54) is 4.90 Å². The molecule has 0 N–H and O–H groups in total. The normalized spacial score (nSPS) is 19.7. The van der Waals surface area contributed by atoms with E-state index in [2.05, 4.69) is 0 Å². The Balaban J connectivity index is 1.75. The van der Waals surface area contributed by atoms with E-state index in [1.807, 2.05) is 48.5 Å². The van der Waals surface area contributed by atoms with E-state index in [0.717, 1.165) is 5.56 Å². The lowest BCUT2D eigenvalue weighted by atomic mass is 9.96. The van der Waals surface area contributed by atoms with Crippen LogP contribution in [0.25, 0.3) is 0 Å². The van der Waals surface area contributed by atoms with Crippen molar-refractivity contribution in [1.82, 2.24) is 0 Å². The fourth-order valence-corrected chi connectivity index (χ4v) is 2.72. The number of β-lactam (4-membered cyclic amide) rings is 1. The predicted molar refractivity (Wildman–Crippen MR) is 89.4 cm³/mol. The fourth-order valence-electron chi connectivity index (χ4n) is 2.72. The van der Waals surface area contributed by atoms with Crippen molar-refractivity contribution in [2.24, 2.45) is 0 Å². The molecule has 1 saturated heterocycles. The second kappa shape index (κ2) is 7.27. The Bertz CT molecular complexity index is 702. The van der Waals surface area contributed by atoms with Crippen molar-refractivity contribution < 1.29 is 19.1 Å². The Morgan fingerprint density at radius 3 is 2.29 bits per heavy atom. The van der Waals surface area contributed by atoms with Gasteiger partial charge in [-0.25, -0.2) is 4.79 Å². The largest absolute Gasteiger partial charge is 0.464 e. The molecule has 0 radical (unpaired) electrons. The highest BCUT2D eigenvalue weighted by Gasteiger charge is 2.54. The highest BCUT2D eigenvalue weighted by molar-refractivity contribution is 6.12. The molecule has 1 aliphatic heterocycles. The van der Waals surface area contributed by atoms with Crippen LogP contribution >= 0.6 is 0 Å². The van der Waals surface area contributed by atoms with Gasteiger partial charge in [-0.2, -0.15) is 0 Å². The highest BCUT2D eigenvalue weighted by Crippen LogP contribution is 2.31. The molecule has 2 atom stereocenters. The topological polar surface area (TPSA) is 55.8 Å². The van der Waals surface area contributed by atoms with Gasteiger partial charge in [-0.05, 0) is 24.6 Å². The molecule has 0 aliphatic carbocycles. The van der Waals surface area contributed by atoms with Gasteiger partial charge in [-0.1, -0.05) is 48.5 Å². The van der Waals surface area contributed by atoms with Gasteiger partial charge in [0, 0.05) is 5.69 Å². The van der Waals surface area contributed by atoms with Gasteiger partial charge >= 0.3 is 5.97 Å². The Morgan fingerprint density at radius 2 is 1.67 bits per heavy atom. The van der Waals surface area contributed by atoms with E-state index in [1.54, 1.807) is 19.1 Å². The van der Waals surface area contributed by atoms with E-state index in [9.17, 15) is 9.59 Å². The number of carbonyl (C=O) groups is 2. The zero-order valence-corrected chi connectivity index (χ0v) is 13.4. The molecule has 0 bridgehead atoms. The van der Waals surface area contributed by atoms with Crippen LogP contribution in [0.1, 0.15) is 12.5 Å². The molecule has 0 aromatic heterocycles. The molecule has 1 aliphatic rings. The van der Waals surface area contributed by atoms with Gasteiger partial charge in [0.15, 0.2) is 12.1 Å². The first kappa shape index (κ1) is 16.2. The van der Waals surface area contributed by atoms with Crippen LogP contribution in [-0.4, -0.2) is 30.6 Å². The summed E-state index contributed by atoms with van der Waals surface area (Å²) in [6.07, 6.45) is -0.815. The molecule has 5 heteroatoms. The lowest BCUT2D eigenvalue weighted by molar-refractivity contribution is -0.162. The number of rotatable bonds is 6. The number of ether oxygens (including phenoxy) is 2. The lowest BCUT2D eigenvalue weighted by Gasteiger charge is -2.44. The van der Waals surface area contributed by atoms with Crippen LogP contribution in [0, 0.1) is 0 Å².